The van der Waals surface area contributed by atoms with E-state index in [1.54, 1.807) is 5.57 Å². The zero-order chi connectivity index (χ0) is 21.8. The topological polar surface area (TPSA) is 59.9 Å². The number of fused-ring (bicyclic) bond motifs is 4. The van der Waals surface area contributed by atoms with E-state index in [-0.39, 0.29) is 6.23 Å². The highest BCUT2D eigenvalue weighted by Crippen LogP contribution is 2.52. The van der Waals surface area contributed by atoms with E-state index in [0.717, 1.165) is 28.6 Å². The zero-order valence-electron chi connectivity index (χ0n) is 18.5. The molecule has 3 aliphatic rings. The number of benzene rings is 1. The molecule has 1 aromatic heterocycles. The van der Waals surface area contributed by atoms with E-state index in [4.69, 9.17) is 9.72 Å². The Kier molecular flexibility index (Phi) is 5.53. The van der Waals surface area contributed by atoms with E-state index in [0.29, 0.717) is 39.9 Å². The third kappa shape index (κ3) is 3.88. The molecule has 1 aromatic carbocycles. The van der Waals surface area contributed by atoms with Crippen molar-refractivity contribution in [2.45, 2.75) is 57.8 Å². The van der Waals surface area contributed by atoms with Crippen LogP contribution >= 0.6 is 27.7 Å². The molecule has 1 aliphatic heterocycles. The molecule has 2 heterocycles. The summed E-state index contributed by atoms with van der Waals surface area (Å²) in [6.07, 6.45) is 9.07. The Labute approximate surface area is 197 Å². The average Bonchev–Trinajstić information content (AvgIpc) is 2.89. The Hall–Kier alpha value is -1.60. The number of rotatable bonds is 2. The van der Waals surface area contributed by atoms with Crippen molar-refractivity contribution in [2.24, 2.45) is 23.2 Å². The number of halogens is 1. The van der Waals surface area contributed by atoms with Gasteiger partial charge < -0.3 is 10.1 Å². The molecular formula is C24H29BrN4OS. The molecule has 1 N–H and O–H groups in total. The first kappa shape index (κ1) is 21.3. The van der Waals surface area contributed by atoms with Gasteiger partial charge in [-0.3, -0.25) is 0 Å². The van der Waals surface area contributed by atoms with Crippen LogP contribution in [0, 0.1) is 23.2 Å². The minimum absolute atomic E-state index is 0.151. The summed E-state index contributed by atoms with van der Waals surface area (Å²) in [4.78, 5) is 4.70. The molecule has 2 aliphatic carbocycles. The van der Waals surface area contributed by atoms with Gasteiger partial charge in [0.15, 0.2) is 11.9 Å². The van der Waals surface area contributed by atoms with E-state index in [9.17, 15) is 0 Å². The van der Waals surface area contributed by atoms with Gasteiger partial charge in [0.1, 0.15) is 0 Å². The number of nitrogens with one attached hydrogen (secondary N) is 1. The maximum Gasteiger partial charge on any atom is 0.247 e. The van der Waals surface area contributed by atoms with Crippen LogP contribution < -0.4 is 10.1 Å². The molecule has 5 nitrogen and oxygen atoms in total. The molecular weight excluding hydrogens is 472 g/mol. The zero-order valence-corrected chi connectivity index (χ0v) is 20.9. The molecule has 0 radical (unpaired) electrons. The lowest BCUT2D eigenvalue weighted by Crippen LogP contribution is -2.45. The quantitative estimate of drug-likeness (QED) is 0.371. The summed E-state index contributed by atoms with van der Waals surface area (Å²) < 4.78 is 7.60. The standard InChI is InChI=1S/C24H29BrN4OS/c1-13-10-14-6-5-9-24(2,3)18(14)12-16(13)21-26-19-8-7-15(25)11-17(19)20-22(30-21)27-23(31-4)29-28-20/h6-8,11,13,16,18,21,26H,5,9-10,12H2,1-4H3/t13-,16-,18+,21-/m0/s1. The number of ether oxygens (including phenoxy) is 1. The summed E-state index contributed by atoms with van der Waals surface area (Å²) in [6.45, 7) is 7.24. The third-order valence-electron chi connectivity index (χ3n) is 7.36. The van der Waals surface area contributed by atoms with Crippen molar-refractivity contribution >= 4 is 33.4 Å². The molecule has 0 bridgehead atoms. The van der Waals surface area contributed by atoms with Crippen LogP contribution in [0.25, 0.3) is 11.3 Å². The minimum Gasteiger partial charge on any atom is -0.452 e. The Morgan fingerprint density at radius 1 is 1.26 bits per heavy atom. The first-order chi connectivity index (χ1) is 14.9. The fourth-order valence-corrected chi connectivity index (χ4v) is 6.22. The number of anilines is 1. The van der Waals surface area contributed by atoms with E-state index in [1.807, 2.05) is 6.26 Å². The molecule has 0 amide bonds. The van der Waals surface area contributed by atoms with E-state index in [1.165, 1.54) is 24.6 Å². The average molecular weight is 501 g/mol. The second-order valence-electron chi connectivity index (χ2n) is 9.76. The molecule has 31 heavy (non-hydrogen) atoms. The van der Waals surface area contributed by atoms with Crippen LogP contribution in [-0.2, 0) is 0 Å². The monoisotopic (exact) mass is 500 g/mol. The third-order valence-corrected chi connectivity index (χ3v) is 8.39. The number of allylic oxidation sites excluding steroid dienone is 2. The Bertz CT molecular complexity index is 1040. The minimum atomic E-state index is -0.151. The van der Waals surface area contributed by atoms with Crippen LogP contribution in [0.4, 0.5) is 5.69 Å². The highest BCUT2D eigenvalue weighted by molar-refractivity contribution is 9.10. The molecule has 7 heteroatoms. The van der Waals surface area contributed by atoms with Gasteiger partial charge in [0.25, 0.3) is 0 Å². The van der Waals surface area contributed by atoms with Crippen LogP contribution in [-0.4, -0.2) is 27.7 Å². The first-order valence-electron chi connectivity index (χ1n) is 11.1. The van der Waals surface area contributed by atoms with Gasteiger partial charge in [0, 0.05) is 21.6 Å². The van der Waals surface area contributed by atoms with Gasteiger partial charge in [-0.25, -0.2) is 0 Å². The Morgan fingerprint density at radius 3 is 2.90 bits per heavy atom. The fourth-order valence-electron chi connectivity index (χ4n) is 5.56. The molecule has 1 saturated carbocycles. The highest BCUT2D eigenvalue weighted by Gasteiger charge is 2.44. The lowest BCUT2D eigenvalue weighted by Gasteiger charge is -2.48. The maximum atomic E-state index is 6.61. The van der Waals surface area contributed by atoms with E-state index < -0.39 is 0 Å². The number of aromatic nitrogens is 3. The van der Waals surface area contributed by atoms with Crippen LogP contribution in [0.3, 0.4) is 0 Å². The van der Waals surface area contributed by atoms with Crippen LogP contribution in [0.2, 0.25) is 0 Å². The molecule has 164 valence electrons. The molecule has 5 rings (SSSR count). The van der Waals surface area contributed by atoms with Gasteiger partial charge in [-0.15, -0.1) is 10.2 Å². The van der Waals surface area contributed by atoms with Crippen molar-refractivity contribution in [1.82, 2.24) is 15.2 Å². The first-order valence-corrected chi connectivity index (χ1v) is 13.1. The molecule has 4 atom stereocenters. The lowest BCUT2D eigenvalue weighted by atomic mass is 9.59. The van der Waals surface area contributed by atoms with Crippen LogP contribution in [0.1, 0.15) is 46.5 Å². The number of nitrogens with zero attached hydrogens (tertiary/aromatic N) is 3. The summed E-state index contributed by atoms with van der Waals surface area (Å²) in [5.41, 5.74) is 4.69. The van der Waals surface area contributed by atoms with Gasteiger partial charge in [0.2, 0.25) is 11.0 Å². The molecule has 0 spiro atoms. The van der Waals surface area contributed by atoms with Crippen molar-refractivity contribution in [3.05, 3.63) is 34.3 Å². The SMILES string of the molecule is CSc1nnc2c(n1)O[C@@H]([C@H]1C[C@@H]3C(=CCCC3(C)C)C[C@@H]1C)Nc1ccc(Br)cc1-2. The normalized spacial score (nSPS) is 28.7. The van der Waals surface area contributed by atoms with Crippen molar-refractivity contribution in [3.8, 4) is 17.1 Å². The lowest BCUT2D eigenvalue weighted by molar-refractivity contribution is 0.0519. The van der Waals surface area contributed by atoms with E-state index in [2.05, 4.69) is 76.5 Å². The predicted octanol–water partition coefficient (Wildman–Crippen LogP) is 6.56. The van der Waals surface area contributed by atoms with Crippen molar-refractivity contribution < 1.29 is 4.74 Å². The van der Waals surface area contributed by atoms with Crippen LogP contribution in [0.15, 0.2) is 39.5 Å². The molecule has 0 unspecified atom stereocenters. The van der Waals surface area contributed by atoms with Gasteiger partial charge in [0.05, 0.1) is 0 Å². The number of hydrogen-bond acceptors (Lipinski definition) is 6. The summed E-state index contributed by atoms with van der Waals surface area (Å²) in [5, 5.41) is 13.1. The molecule has 1 fully saturated rings. The van der Waals surface area contributed by atoms with Crippen LogP contribution in [0.5, 0.6) is 5.88 Å². The smallest absolute Gasteiger partial charge is 0.247 e. The Balaban J connectivity index is 1.55. The van der Waals surface area contributed by atoms with E-state index >= 15 is 0 Å². The van der Waals surface area contributed by atoms with Crippen molar-refractivity contribution in [3.63, 3.8) is 0 Å². The van der Waals surface area contributed by atoms with Crippen molar-refractivity contribution in [1.29, 1.82) is 0 Å². The Morgan fingerprint density at radius 2 is 2.10 bits per heavy atom. The predicted molar refractivity (Wildman–Crippen MR) is 129 cm³/mol. The fraction of sp³-hybridized carbons (Fsp3) is 0.542. The second-order valence-corrected chi connectivity index (χ2v) is 11.5. The number of thioether (sulfide) groups is 1. The van der Waals surface area contributed by atoms with Gasteiger partial charge in [-0.1, -0.05) is 60.1 Å². The summed E-state index contributed by atoms with van der Waals surface area (Å²) >= 11 is 5.08. The molecule has 0 saturated heterocycles. The largest absolute Gasteiger partial charge is 0.452 e. The molecule has 2 aromatic rings. The maximum absolute atomic E-state index is 6.61. The summed E-state index contributed by atoms with van der Waals surface area (Å²) in [6, 6.07) is 6.22. The van der Waals surface area contributed by atoms with Gasteiger partial charge in [-0.05, 0) is 67.4 Å². The summed E-state index contributed by atoms with van der Waals surface area (Å²) in [7, 11) is 0. The highest BCUT2D eigenvalue weighted by atomic mass is 79.9. The van der Waals surface area contributed by atoms with Crippen molar-refractivity contribution in [2.75, 3.05) is 11.6 Å². The number of hydrogen-bond donors (Lipinski definition) is 1. The van der Waals surface area contributed by atoms with Gasteiger partial charge >= 0.3 is 0 Å². The second kappa shape index (κ2) is 8.07. The summed E-state index contributed by atoms with van der Waals surface area (Å²) in [5.74, 6) is 2.11. The van der Waals surface area contributed by atoms with Gasteiger partial charge in [-0.2, -0.15) is 4.98 Å².